The molecule has 110 valence electrons. The summed E-state index contributed by atoms with van der Waals surface area (Å²) in [6.07, 6.45) is 3.08. The molecule has 0 aromatic heterocycles. The molecule has 0 aliphatic heterocycles. The fourth-order valence-electron chi connectivity index (χ4n) is 1.72. The number of carbonyl (C=O) groups excluding carboxylic acids is 1. The van der Waals surface area contributed by atoms with Gasteiger partial charge in [-0.2, -0.15) is 0 Å². The first-order valence-corrected chi connectivity index (χ1v) is 8.16. The fraction of sp³-hybridized carbons (Fsp3) is 0.462. The lowest BCUT2D eigenvalue weighted by Crippen LogP contribution is -2.25. The zero-order valence-electron chi connectivity index (χ0n) is 11.7. The van der Waals surface area contributed by atoms with Crippen LogP contribution in [0.1, 0.15) is 23.2 Å². The van der Waals surface area contributed by atoms with Gasteiger partial charge in [0.1, 0.15) is 11.3 Å². The highest BCUT2D eigenvalue weighted by Crippen LogP contribution is 2.33. The quantitative estimate of drug-likeness (QED) is 0.889. The van der Waals surface area contributed by atoms with Gasteiger partial charge in [-0.05, 0) is 25.0 Å². The summed E-state index contributed by atoms with van der Waals surface area (Å²) in [6, 6.07) is 4.90. The first-order valence-electron chi connectivity index (χ1n) is 6.27. The molecule has 1 N–H and O–H groups in total. The smallest absolute Gasteiger partial charge is 0.259 e. The number of rotatable bonds is 5. The molecule has 0 spiro atoms. The van der Waals surface area contributed by atoms with Crippen LogP contribution in [0.4, 0.5) is 5.69 Å². The summed E-state index contributed by atoms with van der Waals surface area (Å²) < 4.78 is 30.9. The molecule has 0 atom stereocenters. The number of anilines is 1. The van der Waals surface area contributed by atoms with E-state index in [1.54, 1.807) is 32.3 Å². The van der Waals surface area contributed by atoms with Gasteiger partial charge in [0, 0.05) is 14.1 Å². The molecule has 1 fully saturated rings. The number of benzene rings is 1. The van der Waals surface area contributed by atoms with Gasteiger partial charge in [0.2, 0.25) is 10.0 Å². The van der Waals surface area contributed by atoms with Gasteiger partial charge in [0.05, 0.1) is 18.0 Å². The monoisotopic (exact) mass is 298 g/mol. The number of ether oxygens (including phenoxy) is 1. The maximum absolute atomic E-state index is 12.3. The van der Waals surface area contributed by atoms with E-state index in [-0.39, 0.29) is 23.3 Å². The molecule has 6 nitrogen and oxygen atoms in total. The fourth-order valence-corrected chi connectivity index (χ4v) is 2.29. The second kappa shape index (κ2) is 5.32. The number of sulfonamides is 1. The van der Waals surface area contributed by atoms with Crippen LogP contribution >= 0.6 is 0 Å². The van der Waals surface area contributed by atoms with E-state index in [2.05, 4.69) is 4.72 Å². The SMILES string of the molecule is CN(C)C(=O)c1c(NS(C)(=O)=O)cccc1OC1CC1. The molecule has 2 rings (SSSR count). The lowest BCUT2D eigenvalue weighted by atomic mass is 10.1. The van der Waals surface area contributed by atoms with Crippen LogP contribution in [0.25, 0.3) is 0 Å². The van der Waals surface area contributed by atoms with Crippen molar-refractivity contribution in [3.8, 4) is 5.75 Å². The number of hydrogen-bond donors (Lipinski definition) is 1. The molecular weight excluding hydrogens is 280 g/mol. The van der Waals surface area contributed by atoms with Crippen LogP contribution in [0, 0.1) is 0 Å². The molecule has 1 amide bonds. The Balaban J connectivity index is 2.46. The number of amides is 1. The van der Waals surface area contributed by atoms with Gasteiger partial charge in [0.25, 0.3) is 5.91 Å². The molecule has 0 bridgehead atoms. The molecule has 1 aliphatic rings. The van der Waals surface area contributed by atoms with Gasteiger partial charge < -0.3 is 9.64 Å². The molecule has 1 aromatic rings. The van der Waals surface area contributed by atoms with Crippen LogP contribution in [-0.2, 0) is 10.0 Å². The molecule has 1 aromatic carbocycles. The summed E-state index contributed by atoms with van der Waals surface area (Å²) in [5.74, 6) is 0.118. The van der Waals surface area contributed by atoms with Gasteiger partial charge in [0.15, 0.2) is 0 Å². The van der Waals surface area contributed by atoms with Crippen LogP contribution in [0.3, 0.4) is 0 Å². The van der Waals surface area contributed by atoms with Gasteiger partial charge >= 0.3 is 0 Å². The molecule has 0 radical (unpaired) electrons. The van der Waals surface area contributed by atoms with E-state index in [4.69, 9.17) is 4.74 Å². The first kappa shape index (κ1) is 14.6. The van der Waals surface area contributed by atoms with Crippen molar-refractivity contribution in [3.63, 3.8) is 0 Å². The zero-order chi connectivity index (χ0) is 14.9. The second-order valence-corrected chi connectivity index (χ2v) is 6.82. The van der Waals surface area contributed by atoms with Crippen LogP contribution in [0.15, 0.2) is 18.2 Å². The van der Waals surface area contributed by atoms with E-state index in [1.807, 2.05) is 0 Å². The van der Waals surface area contributed by atoms with Crippen molar-refractivity contribution in [2.75, 3.05) is 25.1 Å². The number of hydrogen-bond acceptors (Lipinski definition) is 4. The largest absolute Gasteiger partial charge is 0.490 e. The molecule has 1 aliphatic carbocycles. The van der Waals surface area contributed by atoms with Crippen molar-refractivity contribution >= 4 is 21.6 Å². The maximum atomic E-state index is 12.3. The van der Waals surface area contributed by atoms with Crippen LogP contribution < -0.4 is 9.46 Å². The van der Waals surface area contributed by atoms with Crippen molar-refractivity contribution in [3.05, 3.63) is 23.8 Å². The molecule has 20 heavy (non-hydrogen) atoms. The Labute approximate surface area is 118 Å². The Kier molecular flexibility index (Phi) is 3.89. The molecule has 1 saturated carbocycles. The Bertz CT molecular complexity index is 621. The van der Waals surface area contributed by atoms with Crippen LogP contribution in [0.5, 0.6) is 5.75 Å². The second-order valence-electron chi connectivity index (χ2n) is 5.07. The summed E-state index contributed by atoms with van der Waals surface area (Å²) in [5, 5.41) is 0. The van der Waals surface area contributed by atoms with E-state index in [1.165, 1.54) is 4.90 Å². The third-order valence-electron chi connectivity index (χ3n) is 2.76. The first-order chi connectivity index (χ1) is 9.28. The predicted molar refractivity (Wildman–Crippen MR) is 76.6 cm³/mol. The number of nitrogens with zero attached hydrogens (tertiary/aromatic N) is 1. The molecule has 0 unspecified atom stereocenters. The minimum Gasteiger partial charge on any atom is -0.490 e. The summed E-state index contributed by atoms with van der Waals surface area (Å²) >= 11 is 0. The average Bonchev–Trinajstić information content (AvgIpc) is 3.10. The van der Waals surface area contributed by atoms with Gasteiger partial charge in [-0.25, -0.2) is 8.42 Å². The van der Waals surface area contributed by atoms with Crippen molar-refractivity contribution < 1.29 is 17.9 Å². The third kappa shape index (κ3) is 3.63. The molecule has 0 heterocycles. The Morgan fingerprint density at radius 1 is 1.35 bits per heavy atom. The number of nitrogens with one attached hydrogen (secondary N) is 1. The van der Waals surface area contributed by atoms with Crippen molar-refractivity contribution in [1.29, 1.82) is 0 Å². The highest BCUT2D eigenvalue weighted by atomic mass is 32.2. The molecular formula is C13H18N2O4S. The third-order valence-corrected chi connectivity index (χ3v) is 3.35. The van der Waals surface area contributed by atoms with Gasteiger partial charge in [-0.3, -0.25) is 9.52 Å². The highest BCUT2D eigenvalue weighted by molar-refractivity contribution is 7.92. The van der Waals surface area contributed by atoms with Crippen LogP contribution in [-0.4, -0.2) is 45.7 Å². The Morgan fingerprint density at radius 3 is 2.50 bits per heavy atom. The number of carbonyl (C=O) groups is 1. The van der Waals surface area contributed by atoms with Crippen molar-refractivity contribution in [2.45, 2.75) is 18.9 Å². The molecule has 7 heteroatoms. The Morgan fingerprint density at radius 2 is 2.00 bits per heavy atom. The normalized spacial score (nSPS) is 14.8. The summed E-state index contributed by atoms with van der Waals surface area (Å²) in [6.45, 7) is 0. The summed E-state index contributed by atoms with van der Waals surface area (Å²) in [5.41, 5.74) is 0.485. The minimum atomic E-state index is -3.46. The van der Waals surface area contributed by atoms with Gasteiger partial charge in [-0.1, -0.05) is 6.07 Å². The zero-order valence-corrected chi connectivity index (χ0v) is 12.5. The van der Waals surface area contributed by atoms with E-state index < -0.39 is 10.0 Å². The van der Waals surface area contributed by atoms with E-state index in [0.29, 0.717) is 5.75 Å². The van der Waals surface area contributed by atoms with E-state index in [9.17, 15) is 13.2 Å². The van der Waals surface area contributed by atoms with Crippen LogP contribution in [0.2, 0.25) is 0 Å². The summed E-state index contributed by atoms with van der Waals surface area (Å²) in [4.78, 5) is 13.7. The standard InChI is InChI=1S/C13H18N2O4S/c1-15(2)13(16)12-10(14-20(3,17)18)5-4-6-11(12)19-9-7-8-9/h4-6,9,14H,7-8H2,1-3H3. The maximum Gasteiger partial charge on any atom is 0.259 e. The highest BCUT2D eigenvalue weighted by Gasteiger charge is 2.28. The lowest BCUT2D eigenvalue weighted by molar-refractivity contribution is 0.0824. The Hall–Kier alpha value is -1.76. The lowest BCUT2D eigenvalue weighted by Gasteiger charge is -2.18. The summed E-state index contributed by atoms with van der Waals surface area (Å²) in [7, 11) is -0.242. The topological polar surface area (TPSA) is 75.7 Å². The van der Waals surface area contributed by atoms with Gasteiger partial charge in [-0.15, -0.1) is 0 Å². The van der Waals surface area contributed by atoms with Crippen molar-refractivity contribution in [2.24, 2.45) is 0 Å². The van der Waals surface area contributed by atoms with Crippen molar-refractivity contribution in [1.82, 2.24) is 4.90 Å². The minimum absolute atomic E-state index is 0.122. The predicted octanol–water partition coefficient (Wildman–Crippen LogP) is 1.30. The van der Waals surface area contributed by atoms with E-state index in [0.717, 1.165) is 19.1 Å². The van der Waals surface area contributed by atoms with E-state index >= 15 is 0 Å². The molecule has 0 saturated heterocycles. The average molecular weight is 298 g/mol.